The molecule has 0 fully saturated rings. The highest BCUT2D eigenvalue weighted by molar-refractivity contribution is 6.05. The summed E-state index contributed by atoms with van der Waals surface area (Å²) < 4.78 is 10.6. The fraction of sp³-hybridized carbons (Fsp3) is 0.333. The Kier molecular flexibility index (Phi) is 5.56. The lowest BCUT2D eigenvalue weighted by atomic mass is 9.94. The number of methoxy groups -OCH3 is 1. The fourth-order valence-electron chi connectivity index (χ4n) is 3.12. The van der Waals surface area contributed by atoms with Crippen LogP contribution >= 0.6 is 0 Å². The number of ether oxygens (including phenoxy) is 2. The smallest absolute Gasteiger partial charge is 0.262 e. The number of anilines is 1. The summed E-state index contributed by atoms with van der Waals surface area (Å²) in [6.07, 6.45) is 0.717. The van der Waals surface area contributed by atoms with Gasteiger partial charge in [-0.3, -0.25) is 9.59 Å². The van der Waals surface area contributed by atoms with E-state index in [1.165, 1.54) is 12.1 Å². The normalized spacial score (nSPS) is 13.3. The van der Waals surface area contributed by atoms with Gasteiger partial charge in [-0.05, 0) is 44.0 Å². The highest BCUT2D eigenvalue weighted by Crippen LogP contribution is 2.35. The van der Waals surface area contributed by atoms with Crippen molar-refractivity contribution in [2.75, 3.05) is 25.6 Å². The van der Waals surface area contributed by atoms with Gasteiger partial charge in [-0.2, -0.15) is 0 Å². The lowest BCUT2D eigenvalue weighted by Gasteiger charge is -2.27. The number of aromatic hydroxyl groups is 1. The Morgan fingerprint density at radius 3 is 2.68 bits per heavy atom. The fourth-order valence-corrected chi connectivity index (χ4v) is 3.12. The van der Waals surface area contributed by atoms with E-state index in [-0.39, 0.29) is 47.4 Å². The van der Waals surface area contributed by atoms with Crippen LogP contribution in [0.25, 0.3) is 0 Å². The number of carbonyl (C=O) groups excluding carboxylic acids is 2. The van der Waals surface area contributed by atoms with Gasteiger partial charge < -0.3 is 25.2 Å². The Hall–Kier alpha value is -3.06. The minimum Gasteiger partial charge on any atom is -0.508 e. The zero-order valence-corrected chi connectivity index (χ0v) is 16.2. The van der Waals surface area contributed by atoms with Gasteiger partial charge >= 0.3 is 0 Å². The minimum atomic E-state index is -0.337. The maximum Gasteiger partial charge on any atom is 0.262 e. The lowest BCUT2D eigenvalue weighted by Crippen LogP contribution is -2.44. The van der Waals surface area contributed by atoms with E-state index in [1.807, 2.05) is 38.1 Å². The summed E-state index contributed by atoms with van der Waals surface area (Å²) >= 11 is 0. The Balaban J connectivity index is 1.68. The van der Waals surface area contributed by atoms with Crippen molar-refractivity contribution in [3.8, 4) is 17.2 Å². The summed E-state index contributed by atoms with van der Waals surface area (Å²) in [5.41, 5.74) is 1.32. The predicted octanol–water partition coefficient (Wildman–Crippen LogP) is 2.53. The molecule has 0 aromatic heterocycles. The molecule has 0 saturated carbocycles. The molecule has 1 aliphatic heterocycles. The SMILES string of the molecule is COc1ccc(CC(C)(C)NCC(=O)c2cc(O)cc3c2OCC(=O)N3)cc1. The van der Waals surface area contributed by atoms with E-state index in [4.69, 9.17) is 9.47 Å². The number of ketones is 1. The first-order chi connectivity index (χ1) is 13.3. The number of fused-ring (bicyclic) bond motifs is 1. The number of phenolic OH excluding ortho intramolecular Hbond substituents is 1. The average Bonchev–Trinajstić information content (AvgIpc) is 2.65. The number of hydrogen-bond donors (Lipinski definition) is 3. The number of Topliss-reactive ketones (excluding diaryl/α,β-unsaturated/α-hetero) is 1. The van der Waals surface area contributed by atoms with Crippen LogP contribution in [0.15, 0.2) is 36.4 Å². The van der Waals surface area contributed by atoms with Crippen LogP contribution in [0.2, 0.25) is 0 Å². The van der Waals surface area contributed by atoms with Crippen molar-refractivity contribution < 1.29 is 24.2 Å². The Bertz CT molecular complexity index is 890. The molecule has 1 heterocycles. The van der Waals surface area contributed by atoms with Crippen LogP contribution in [0, 0.1) is 0 Å². The third kappa shape index (κ3) is 4.61. The number of benzene rings is 2. The van der Waals surface area contributed by atoms with Crippen LogP contribution < -0.4 is 20.1 Å². The van der Waals surface area contributed by atoms with Crippen molar-refractivity contribution in [3.63, 3.8) is 0 Å². The third-order valence-corrected chi connectivity index (χ3v) is 4.53. The highest BCUT2D eigenvalue weighted by atomic mass is 16.5. The van der Waals surface area contributed by atoms with Gasteiger partial charge in [-0.25, -0.2) is 0 Å². The lowest BCUT2D eigenvalue weighted by molar-refractivity contribution is -0.118. The summed E-state index contributed by atoms with van der Waals surface area (Å²) in [5.74, 6) is 0.425. The first-order valence-corrected chi connectivity index (χ1v) is 8.98. The summed E-state index contributed by atoms with van der Waals surface area (Å²) in [7, 11) is 1.63. The van der Waals surface area contributed by atoms with E-state index in [1.54, 1.807) is 7.11 Å². The molecule has 0 saturated heterocycles. The molecule has 2 aromatic carbocycles. The van der Waals surface area contributed by atoms with Gasteiger partial charge in [-0.15, -0.1) is 0 Å². The third-order valence-electron chi connectivity index (χ3n) is 4.53. The van der Waals surface area contributed by atoms with Crippen LogP contribution in [0.5, 0.6) is 17.2 Å². The molecule has 0 unspecified atom stereocenters. The molecule has 7 heteroatoms. The van der Waals surface area contributed by atoms with Crippen LogP contribution in [-0.2, 0) is 11.2 Å². The van der Waals surface area contributed by atoms with E-state index in [0.717, 1.165) is 17.7 Å². The second kappa shape index (κ2) is 7.90. The Morgan fingerprint density at radius 1 is 1.29 bits per heavy atom. The van der Waals surface area contributed by atoms with Gasteiger partial charge in [0.2, 0.25) is 0 Å². The van der Waals surface area contributed by atoms with Gasteiger partial charge in [0, 0.05) is 11.6 Å². The van der Waals surface area contributed by atoms with E-state index in [0.29, 0.717) is 5.69 Å². The van der Waals surface area contributed by atoms with Gasteiger partial charge in [0.25, 0.3) is 5.91 Å². The van der Waals surface area contributed by atoms with Gasteiger partial charge in [0.05, 0.1) is 24.9 Å². The molecule has 1 amide bonds. The van der Waals surface area contributed by atoms with Gasteiger partial charge in [0.15, 0.2) is 18.1 Å². The molecule has 0 atom stereocenters. The largest absolute Gasteiger partial charge is 0.508 e. The van der Waals surface area contributed by atoms with E-state index >= 15 is 0 Å². The topological polar surface area (TPSA) is 96.9 Å². The second-order valence-corrected chi connectivity index (χ2v) is 7.39. The maximum absolute atomic E-state index is 12.8. The summed E-state index contributed by atoms with van der Waals surface area (Å²) in [6, 6.07) is 10.5. The molecule has 0 aliphatic carbocycles. The molecule has 0 bridgehead atoms. The quantitative estimate of drug-likeness (QED) is 0.635. The number of rotatable bonds is 7. The first-order valence-electron chi connectivity index (χ1n) is 8.98. The molecule has 3 rings (SSSR count). The van der Waals surface area contributed by atoms with Crippen molar-refractivity contribution in [2.45, 2.75) is 25.8 Å². The summed E-state index contributed by atoms with van der Waals surface area (Å²) in [5, 5.41) is 15.7. The number of hydrogen-bond acceptors (Lipinski definition) is 6. The first kappa shape index (κ1) is 19.7. The van der Waals surface area contributed by atoms with E-state index in [9.17, 15) is 14.7 Å². The molecule has 3 N–H and O–H groups in total. The van der Waals surface area contributed by atoms with Crippen molar-refractivity contribution in [3.05, 3.63) is 47.5 Å². The van der Waals surface area contributed by atoms with Crippen LogP contribution in [0.1, 0.15) is 29.8 Å². The molecule has 1 aliphatic rings. The van der Waals surface area contributed by atoms with Gasteiger partial charge in [0.1, 0.15) is 11.5 Å². The zero-order valence-electron chi connectivity index (χ0n) is 16.2. The minimum absolute atomic E-state index is 0.0658. The molecule has 28 heavy (non-hydrogen) atoms. The second-order valence-electron chi connectivity index (χ2n) is 7.39. The molecular formula is C21H24N2O5. The predicted molar refractivity (Wildman–Crippen MR) is 105 cm³/mol. The molecule has 0 radical (unpaired) electrons. The molecule has 7 nitrogen and oxygen atoms in total. The monoisotopic (exact) mass is 384 g/mol. The van der Waals surface area contributed by atoms with Gasteiger partial charge in [-0.1, -0.05) is 12.1 Å². The number of phenols is 1. The van der Waals surface area contributed by atoms with E-state index < -0.39 is 0 Å². The average molecular weight is 384 g/mol. The van der Waals surface area contributed by atoms with E-state index in [2.05, 4.69) is 10.6 Å². The Labute approximate surface area is 163 Å². The van der Waals surface area contributed by atoms with Crippen molar-refractivity contribution >= 4 is 17.4 Å². The van der Waals surface area contributed by atoms with Crippen molar-refractivity contribution in [1.82, 2.24) is 5.32 Å². The molecule has 148 valence electrons. The summed E-state index contributed by atoms with van der Waals surface area (Å²) in [4.78, 5) is 24.2. The zero-order chi connectivity index (χ0) is 20.3. The number of amides is 1. The molecule has 2 aromatic rings. The van der Waals surface area contributed by atoms with Crippen LogP contribution in [-0.4, -0.2) is 42.6 Å². The van der Waals surface area contributed by atoms with Crippen molar-refractivity contribution in [1.29, 1.82) is 0 Å². The molecule has 0 spiro atoms. The van der Waals surface area contributed by atoms with Crippen LogP contribution in [0.4, 0.5) is 5.69 Å². The number of nitrogens with one attached hydrogen (secondary N) is 2. The van der Waals surface area contributed by atoms with Crippen molar-refractivity contribution in [2.24, 2.45) is 0 Å². The standard InChI is InChI=1S/C21H24N2O5/c1-21(2,10-13-4-6-15(27-3)7-5-13)22-11-18(25)16-8-14(24)9-17-20(16)28-12-19(26)23-17/h4-9,22,24H,10-12H2,1-3H3,(H,23,26). The highest BCUT2D eigenvalue weighted by Gasteiger charge is 2.25. The number of carbonyl (C=O) groups is 2. The Morgan fingerprint density at radius 2 is 2.00 bits per heavy atom. The maximum atomic E-state index is 12.8. The van der Waals surface area contributed by atoms with Crippen LogP contribution in [0.3, 0.4) is 0 Å². The summed E-state index contributed by atoms with van der Waals surface area (Å²) in [6.45, 7) is 3.93. The molecular weight excluding hydrogens is 360 g/mol.